The number of carbonyl (C=O) groups excluding carboxylic acids is 1. The van der Waals surface area contributed by atoms with Gasteiger partial charge in [0.25, 0.3) is 12.3 Å². The molecule has 2 N–H and O–H groups in total. The zero-order chi connectivity index (χ0) is 12.4. The van der Waals surface area contributed by atoms with Crippen molar-refractivity contribution in [2.24, 2.45) is 5.73 Å². The summed E-state index contributed by atoms with van der Waals surface area (Å²) in [6.45, 7) is -0.0985. The molecule has 1 heterocycles. The third-order valence-electron chi connectivity index (χ3n) is 3.25. The second kappa shape index (κ2) is 6.63. The molecule has 1 saturated heterocycles. The van der Waals surface area contributed by atoms with E-state index in [0.717, 1.165) is 19.3 Å². The van der Waals surface area contributed by atoms with Crippen LogP contribution in [0.25, 0.3) is 0 Å². The Labute approximate surface area is 111 Å². The van der Waals surface area contributed by atoms with Crippen LogP contribution in [0, 0.1) is 0 Å². The number of hydrogen-bond donors (Lipinski definition) is 1. The van der Waals surface area contributed by atoms with E-state index in [4.69, 9.17) is 10.5 Å². The molecule has 2 fully saturated rings. The Morgan fingerprint density at radius 3 is 2.44 bits per heavy atom. The Balaban J connectivity index is 0.00000162. The van der Waals surface area contributed by atoms with Gasteiger partial charge in [0.1, 0.15) is 6.10 Å². The van der Waals surface area contributed by atoms with Gasteiger partial charge in [-0.2, -0.15) is 0 Å². The van der Waals surface area contributed by atoms with Gasteiger partial charge in [-0.05, 0) is 25.7 Å². The Bertz CT molecular complexity index is 290. The van der Waals surface area contributed by atoms with Crippen LogP contribution in [-0.2, 0) is 9.53 Å². The fraction of sp³-hybridized carbons (Fsp3) is 0.909. The number of ether oxygens (including phenoxy) is 1. The van der Waals surface area contributed by atoms with E-state index in [0.29, 0.717) is 13.0 Å². The van der Waals surface area contributed by atoms with Crippen molar-refractivity contribution in [3.05, 3.63) is 0 Å². The maximum atomic E-state index is 12.4. The fourth-order valence-corrected chi connectivity index (χ4v) is 2.20. The van der Waals surface area contributed by atoms with E-state index in [2.05, 4.69) is 0 Å². The van der Waals surface area contributed by atoms with Gasteiger partial charge in [-0.1, -0.05) is 0 Å². The highest BCUT2D eigenvalue weighted by atomic mass is 35.5. The third-order valence-corrected chi connectivity index (χ3v) is 3.25. The number of alkyl halides is 2. The molecule has 4 nitrogen and oxygen atoms in total. The lowest BCUT2D eigenvalue weighted by atomic mass is 10.2. The molecular formula is C11H19ClF2N2O2. The van der Waals surface area contributed by atoms with E-state index < -0.39 is 19.1 Å². The molecule has 1 saturated carbocycles. The van der Waals surface area contributed by atoms with Crippen LogP contribution in [0.5, 0.6) is 0 Å². The molecular weight excluding hydrogens is 266 g/mol. The van der Waals surface area contributed by atoms with E-state index in [1.807, 2.05) is 0 Å². The smallest absolute Gasteiger partial charge is 0.255 e. The quantitative estimate of drug-likeness (QED) is 0.824. The number of halogens is 3. The standard InChI is InChI=1S/C11H18F2N2O2.ClH/c12-10(13)6-15(7-1-2-7)11(16)9-4-3-8(5-14)17-9;/h7-10H,1-6,14H2;1H/t8-,9+;/m1./s1. The van der Waals surface area contributed by atoms with Crippen LogP contribution in [0.15, 0.2) is 0 Å². The lowest BCUT2D eigenvalue weighted by Crippen LogP contribution is -2.43. The van der Waals surface area contributed by atoms with Crippen LogP contribution in [0.4, 0.5) is 8.78 Å². The predicted octanol–water partition coefficient (Wildman–Crippen LogP) is 1.17. The predicted molar refractivity (Wildman–Crippen MR) is 64.9 cm³/mol. The number of rotatable bonds is 5. The lowest BCUT2D eigenvalue weighted by Gasteiger charge is -2.25. The van der Waals surface area contributed by atoms with Crippen molar-refractivity contribution in [3.8, 4) is 0 Å². The third kappa shape index (κ3) is 3.76. The molecule has 1 amide bonds. The summed E-state index contributed by atoms with van der Waals surface area (Å²) in [4.78, 5) is 13.3. The number of amides is 1. The Hall–Kier alpha value is -0.460. The molecule has 0 aromatic carbocycles. The van der Waals surface area contributed by atoms with Gasteiger partial charge in [-0.15, -0.1) is 12.4 Å². The van der Waals surface area contributed by atoms with Gasteiger partial charge in [0.15, 0.2) is 0 Å². The first-order valence-electron chi connectivity index (χ1n) is 6.06. The first-order chi connectivity index (χ1) is 8.11. The topological polar surface area (TPSA) is 55.6 Å². The highest BCUT2D eigenvalue weighted by Gasteiger charge is 2.40. The van der Waals surface area contributed by atoms with Gasteiger partial charge in [0.05, 0.1) is 12.6 Å². The van der Waals surface area contributed by atoms with Crippen molar-refractivity contribution < 1.29 is 18.3 Å². The van der Waals surface area contributed by atoms with Crippen LogP contribution in [0.1, 0.15) is 25.7 Å². The summed E-state index contributed by atoms with van der Waals surface area (Å²) in [7, 11) is 0. The highest BCUT2D eigenvalue weighted by Crippen LogP contribution is 2.30. The minimum absolute atomic E-state index is 0. The van der Waals surface area contributed by atoms with Crippen LogP contribution in [0.3, 0.4) is 0 Å². The molecule has 1 aliphatic carbocycles. The van der Waals surface area contributed by atoms with Gasteiger partial charge in [0.2, 0.25) is 0 Å². The largest absolute Gasteiger partial charge is 0.364 e. The number of carbonyl (C=O) groups is 1. The zero-order valence-electron chi connectivity index (χ0n) is 10.1. The highest BCUT2D eigenvalue weighted by molar-refractivity contribution is 5.85. The monoisotopic (exact) mass is 284 g/mol. The summed E-state index contributed by atoms with van der Waals surface area (Å²) < 4.78 is 30.3. The normalized spacial score (nSPS) is 27.1. The van der Waals surface area contributed by atoms with Gasteiger partial charge < -0.3 is 15.4 Å². The summed E-state index contributed by atoms with van der Waals surface area (Å²) in [5, 5.41) is 0. The summed E-state index contributed by atoms with van der Waals surface area (Å²) >= 11 is 0. The van der Waals surface area contributed by atoms with Crippen molar-refractivity contribution >= 4 is 18.3 Å². The van der Waals surface area contributed by atoms with Crippen molar-refractivity contribution in [2.45, 2.75) is 50.4 Å². The van der Waals surface area contributed by atoms with Gasteiger partial charge in [-0.25, -0.2) is 8.78 Å². The molecule has 2 rings (SSSR count). The molecule has 18 heavy (non-hydrogen) atoms. The summed E-state index contributed by atoms with van der Waals surface area (Å²) in [5.74, 6) is -0.288. The zero-order valence-corrected chi connectivity index (χ0v) is 10.9. The fourth-order valence-electron chi connectivity index (χ4n) is 2.20. The van der Waals surface area contributed by atoms with E-state index in [1.54, 1.807) is 0 Å². The van der Waals surface area contributed by atoms with Gasteiger partial charge >= 0.3 is 0 Å². The molecule has 0 bridgehead atoms. The maximum Gasteiger partial charge on any atom is 0.255 e. The second-order valence-electron chi connectivity index (χ2n) is 4.67. The Kier molecular flexibility index (Phi) is 5.75. The van der Waals surface area contributed by atoms with Gasteiger partial charge in [0, 0.05) is 12.6 Å². The number of nitrogens with zero attached hydrogens (tertiary/aromatic N) is 1. The second-order valence-corrected chi connectivity index (χ2v) is 4.67. The molecule has 106 valence electrons. The number of nitrogens with two attached hydrogens (primary N) is 1. The molecule has 2 aliphatic rings. The first kappa shape index (κ1) is 15.6. The van der Waals surface area contributed by atoms with Crippen LogP contribution >= 0.6 is 12.4 Å². The average Bonchev–Trinajstić information content (AvgIpc) is 3.02. The lowest BCUT2D eigenvalue weighted by molar-refractivity contribution is -0.145. The molecule has 0 aromatic rings. The molecule has 0 aromatic heterocycles. The van der Waals surface area contributed by atoms with E-state index >= 15 is 0 Å². The van der Waals surface area contributed by atoms with Crippen LogP contribution < -0.4 is 5.73 Å². The minimum Gasteiger partial charge on any atom is -0.364 e. The molecule has 2 atom stereocenters. The summed E-state index contributed by atoms with van der Waals surface area (Å²) in [6, 6.07) is -0.00275. The van der Waals surface area contributed by atoms with Crippen molar-refractivity contribution in [2.75, 3.05) is 13.1 Å². The first-order valence-corrected chi connectivity index (χ1v) is 6.06. The summed E-state index contributed by atoms with van der Waals surface area (Å²) in [5.41, 5.74) is 5.46. The van der Waals surface area contributed by atoms with Crippen LogP contribution in [-0.4, -0.2) is 48.6 Å². The number of hydrogen-bond acceptors (Lipinski definition) is 3. The van der Waals surface area contributed by atoms with Crippen molar-refractivity contribution in [1.29, 1.82) is 0 Å². The van der Waals surface area contributed by atoms with E-state index in [1.165, 1.54) is 4.90 Å². The van der Waals surface area contributed by atoms with E-state index in [9.17, 15) is 13.6 Å². The molecule has 0 spiro atoms. The maximum absolute atomic E-state index is 12.4. The Morgan fingerprint density at radius 1 is 1.33 bits per heavy atom. The SMILES string of the molecule is Cl.NC[C@H]1CC[C@@H](C(=O)N(CC(F)F)C2CC2)O1. The molecule has 7 heteroatoms. The molecule has 0 unspecified atom stereocenters. The van der Waals surface area contributed by atoms with Crippen molar-refractivity contribution in [1.82, 2.24) is 4.90 Å². The van der Waals surface area contributed by atoms with E-state index in [-0.39, 0.29) is 30.5 Å². The molecule has 0 radical (unpaired) electrons. The molecule has 1 aliphatic heterocycles. The minimum atomic E-state index is -2.48. The van der Waals surface area contributed by atoms with Crippen LogP contribution in [0.2, 0.25) is 0 Å². The van der Waals surface area contributed by atoms with Gasteiger partial charge in [-0.3, -0.25) is 4.79 Å². The average molecular weight is 285 g/mol. The Morgan fingerprint density at radius 2 is 2.00 bits per heavy atom. The summed E-state index contributed by atoms with van der Waals surface area (Å²) in [6.07, 6.45) is -0.171. The van der Waals surface area contributed by atoms with Crippen molar-refractivity contribution in [3.63, 3.8) is 0 Å².